The third-order valence-corrected chi connectivity index (χ3v) is 6.11. The fourth-order valence-electron chi connectivity index (χ4n) is 4.03. The molecule has 0 atom stereocenters. The normalized spacial score (nSPS) is 11.6. The first-order chi connectivity index (χ1) is 17.3. The van der Waals surface area contributed by atoms with Crippen molar-refractivity contribution in [2.24, 2.45) is 0 Å². The number of pyridine rings is 1. The molecule has 2 aromatic heterocycles. The molecule has 0 aliphatic heterocycles. The van der Waals surface area contributed by atoms with Gasteiger partial charge < -0.3 is 15.0 Å². The van der Waals surface area contributed by atoms with Crippen molar-refractivity contribution in [3.63, 3.8) is 0 Å². The van der Waals surface area contributed by atoms with Crippen LogP contribution in [-0.2, 0) is 12.0 Å². The monoisotopic (exact) mass is 498 g/mol. The molecule has 5 aromatic rings. The van der Waals surface area contributed by atoms with E-state index in [1.165, 1.54) is 0 Å². The number of para-hydroxylation sites is 1. The number of ether oxygens (including phenoxy) is 1. The second-order valence-electron chi connectivity index (χ2n) is 9.67. The van der Waals surface area contributed by atoms with Crippen LogP contribution in [0.5, 0.6) is 11.5 Å². The molecule has 182 valence electrons. The number of hydrogen-bond acceptors (Lipinski definition) is 4. The molecule has 0 bridgehead atoms. The minimum Gasteiger partial charge on any atom is -0.457 e. The summed E-state index contributed by atoms with van der Waals surface area (Å²) in [5, 5.41) is 9.78. The Bertz CT molecular complexity index is 1550. The van der Waals surface area contributed by atoms with Crippen LogP contribution in [-0.4, -0.2) is 14.8 Å². The highest BCUT2D eigenvalue weighted by atomic mass is 35.5. The SMILES string of the molecule is CC(C)(C)c1nn(-c2ccc(Cl)cc2)c2[nH]c(=O)c(CNc3ccc(Oc4ccccc4)cc3)cc12. The fraction of sp³-hybridized carbons (Fsp3) is 0.172. The van der Waals surface area contributed by atoms with Gasteiger partial charge in [0.25, 0.3) is 5.56 Å². The van der Waals surface area contributed by atoms with Crippen molar-refractivity contribution in [1.82, 2.24) is 14.8 Å². The third-order valence-electron chi connectivity index (χ3n) is 5.86. The largest absolute Gasteiger partial charge is 0.457 e. The molecule has 3 aromatic carbocycles. The van der Waals surface area contributed by atoms with E-state index in [1.807, 2.05) is 84.9 Å². The van der Waals surface area contributed by atoms with Gasteiger partial charge in [-0.1, -0.05) is 50.6 Å². The molecule has 36 heavy (non-hydrogen) atoms. The van der Waals surface area contributed by atoms with E-state index in [2.05, 4.69) is 31.1 Å². The van der Waals surface area contributed by atoms with Crippen LogP contribution in [0.3, 0.4) is 0 Å². The predicted octanol–water partition coefficient (Wildman–Crippen LogP) is 7.07. The summed E-state index contributed by atoms with van der Waals surface area (Å²) >= 11 is 6.07. The van der Waals surface area contributed by atoms with Gasteiger partial charge in [0.2, 0.25) is 0 Å². The van der Waals surface area contributed by atoms with Crippen LogP contribution in [0.25, 0.3) is 16.7 Å². The number of nitrogens with zero attached hydrogens (tertiary/aromatic N) is 2. The highest BCUT2D eigenvalue weighted by Crippen LogP contribution is 2.30. The first-order valence-electron chi connectivity index (χ1n) is 11.8. The highest BCUT2D eigenvalue weighted by Gasteiger charge is 2.24. The van der Waals surface area contributed by atoms with Crippen molar-refractivity contribution in [2.45, 2.75) is 32.7 Å². The van der Waals surface area contributed by atoms with E-state index in [1.54, 1.807) is 4.68 Å². The number of H-pyrrole nitrogens is 1. The molecule has 0 saturated carbocycles. The van der Waals surface area contributed by atoms with E-state index >= 15 is 0 Å². The first-order valence-corrected chi connectivity index (χ1v) is 12.1. The number of nitrogens with one attached hydrogen (secondary N) is 2. The number of aromatic nitrogens is 3. The van der Waals surface area contributed by atoms with Crippen molar-refractivity contribution in [2.75, 3.05) is 5.32 Å². The van der Waals surface area contributed by atoms with Crippen molar-refractivity contribution in [3.05, 3.63) is 112 Å². The van der Waals surface area contributed by atoms with Gasteiger partial charge in [0, 0.05) is 33.6 Å². The van der Waals surface area contributed by atoms with Crippen LogP contribution in [0, 0.1) is 0 Å². The molecule has 0 saturated heterocycles. The second-order valence-corrected chi connectivity index (χ2v) is 10.1. The van der Waals surface area contributed by atoms with Crippen LogP contribution in [0.1, 0.15) is 32.0 Å². The number of halogens is 1. The summed E-state index contributed by atoms with van der Waals surface area (Å²) in [5.74, 6) is 1.53. The zero-order chi connectivity index (χ0) is 25.3. The Morgan fingerprint density at radius 3 is 2.28 bits per heavy atom. The van der Waals surface area contributed by atoms with Crippen molar-refractivity contribution in [1.29, 1.82) is 0 Å². The number of fused-ring (bicyclic) bond motifs is 1. The van der Waals surface area contributed by atoms with Crippen LogP contribution in [0.15, 0.2) is 89.7 Å². The first kappa shape index (κ1) is 23.7. The molecule has 0 fully saturated rings. The van der Waals surface area contributed by atoms with E-state index in [9.17, 15) is 4.79 Å². The van der Waals surface area contributed by atoms with Gasteiger partial charge in [0.15, 0.2) is 0 Å². The molecule has 0 aliphatic rings. The third kappa shape index (κ3) is 4.99. The summed E-state index contributed by atoms with van der Waals surface area (Å²) in [5.41, 5.74) is 3.56. The molecule has 2 heterocycles. The highest BCUT2D eigenvalue weighted by molar-refractivity contribution is 6.30. The van der Waals surface area contributed by atoms with E-state index in [4.69, 9.17) is 21.4 Å². The Morgan fingerprint density at radius 2 is 1.61 bits per heavy atom. The molecule has 2 N–H and O–H groups in total. The summed E-state index contributed by atoms with van der Waals surface area (Å²) in [4.78, 5) is 16.1. The summed E-state index contributed by atoms with van der Waals surface area (Å²) < 4.78 is 7.63. The van der Waals surface area contributed by atoms with Gasteiger partial charge in [-0.05, 0) is 66.7 Å². The molecule has 0 spiro atoms. The lowest BCUT2D eigenvalue weighted by Crippen LogP contribution is -2.17. The molecule has 6 nitrogen and oxygen atoms in total. The van der Waals surface area contributed by atoms with E-state index in [0.717, 1.165) is 34.0 Å². The number of anilines is 1. The molecule has 7 heteroatoms. The lowest BCUT2D eigenvalue weighted by atomic mass is 9.90. The number of benzene rings is 3. The Kier molecular flexibility index (Phi) is 6.29. The summed E-state index contributed by atoms with van der Waals surface area (Å²) in [6.07, 6.45) is 0. The molecular formula is C29H27ClN4O2. The molecule has 0 radical (unpaired) electrons. The van der Waals surface area contributed by atoms with Gasteiger partial charge in [-0.15, -0.1) is 0 Å². The fourth-order valence-corrected chi connectivity index (χ4v) is 4.16. The van der Waals surface area contributed by atoms with E-state index < -0.39 is 0 Å². The van der Waals surface area contributed by atoms with Gasteiger partial charge in [-0.2, -0.15) is 5.10 Å². The smallest absolute Gasteiger partial charge is 0.254 e. The average molecular weight is 499 g/mol. The maximum atomic E-state index is 13.0. The molecule has 5 rings (SSSR count). The van der Waals surface area contributed by atoms with Crippen LogP contribution < -0.4 is 15.6 Å². The van der Waals surface area contributed by atoms with E-state index in [0.29, 0.717) is 22.8 Å². The number of rotatable bonds is 6. The van der Waals surface area contributed by atoms with Gasteiger partial charge in [0.05, 0.1) is 11.4 Å². The summed E-state index contributed by atoms with van der Waals surface area (Å²) in [7, 11) is 0. The van der Waals surface area contributed by atoms with Crippen LogP contribution in [0.2, 0.25) is 5.02 Å². The zero-order valence-electron chi connectivity index (χ0n) is 20.4. The minimum absolute atomic E-state index is 0.158. The Hall–Kier alpha value is -4.03. The predicted molar refractivity (Wildman–Crippen MR) is 146 cm³/mol. The van der Waals surface area contributed by atoms with Gasteiger partial charge in [-0.3, -0.25) is 4.79 Å². The number of aromatic amines is 1. The Morgan fingerprint density at radius 1 is 0.944 bits per heavy atom. The zero-order valence-corrected chi connectivity index (χ0v) is 21.1. The van der Waals surface area contributed by atoms with Crippen LogP contribution >= 0.6 is 11.6 Å². The summed E-state index contributed by atoms with van der Waals surface area (Å²) in [6.45, 7) is 6.72. The Balaban J connectivity index is 1.41. The van der Waals surface area contributed by atoms with Gasteiger partial charge in [0.1, 0.15) is 17.1 Å². The number of hydrogen-bond donors (Lipinski definition) is 2. The minimum atomic E-state index is -0.215. The standard InChI is InChI=1S/C29H27ClN4O2/c1-29(2,3)26-25-17-19(28(35)32-27(25)34(33-26)22-13-9-20(30)10-14-22)18-31-21-11-15-24(16-12-21)36-23-7-5-4-6-8-23/h4-17,31H,18H2,1-3H3,(H,32,35). The van der Waals surface area contributed by atoms with Gasteiger partial charge in [-0.25, -0.2) is 4.68 Å². The lowest BCUT2D eigenvalue weighted by molar-refractivity contribution is 0.483. The summed E-state index contributed by atoms with van der Waals surface area (Å²) in [6, 6.07) is 26.7. The van der Waals surface area contributed by atoms with Gasteiger partial charge >= 0.3 is 0 Å². The van der Waals surface area contributed by atoms with Crippen molar-refractivity contribution >= 4 is 28.3 Å². The molecular weight excluding hydrogens is 472 g/mol. The van der Waals surface area contributed by atoms with Crippen molar-refractivity contribution < 1.29 is 4.74 Å². The lowest BCUT2D eigenvalue weighted by Gasteiger charge is -2.15. The van der Waals surface area contributed by atoms with E-state index in [-0.39, 0.29) is 11.0 Å². The maximum Gasteiger partial charge on any atom is 0.254 e. The quantitative estimate of drug-likeness (QED) is 0.262. The van der Waals surface area contributed by atoms with Crippen LogP contribution in [0.4, 0.5) is 5.69 Å². The second kappa shape index (κ2) is 9.55. The van der Waals surface area contributed by atoms with Crippen molar-refractivity contribution in [3.8, 4) is 17.2 Å². The topological polar surface area (TPSA) is 71.9 Å². The molecule has 0 unspecified atom stereocenters. The maximum absolute atomic E-state index is 13.0. The Labute approximate surface area is 214 Å². The molecule has 0 amide bonds. The molecule has 0 aliphatic carbocycles. The average Bonchev–Trinajstić information content (AvgIpc) is 3.23.